The van der Waals surface area contributed by atoms with Gasteiger partial charge >= 0.3 is 0 Å². The van der Waals surface area contributed by atoms with Crippen LogP contribution in [0.25, 0.3) is 0 Å². The molecule has 0 aliphatic rings. The fourth-order valence-corrected chi connectivity index (χ4v) is 3.16. The fourth-order valence-electron chi connectivity index (χ4n) is 3.16. The van der Waals surface area contributed by atoms with Gasteiger partial charge in [0, 0.05) is 5.92 Å². The van der Waals surface area contributed by atoms with Crippen molar-refractivity contribution < 1.29 is 5.11 Å². The maximum atomic E-state index is 11.2. The molecule has 0 fully saturated rings. The van der Waals surface area contributed by atoms with Gasteiger partial charge in [-0.3, -0.25) is 0 Å². The van der Waals surface area contributed by atoms with Crippen molar-refractivity contribution in [3.8, 4) is 0 Å². The lowest BCUT2D eigenvalue weighted by Crippen LogP contribution is -2.35. The van der Waals surface area contributed by atoms with E-state index in [4.69, 9.17) is 0 Å². The van der Waals surface area contributed by atoms with Gasteiger partial charge < -0.3 is 10.0 Å². The zero-order valence-electron chi connectivity index (χ0n) is 15.0. The molecule has 3 heteroatoms. The van der Waals surface area contributed by atoms with Crippen molar-refractivity contribution >= 4 is 12.4 Å². The van der Waals surface area contributed by atoms with Crippen LogP contribution in [0.1, 0.15) is 36.8 Å². The molecule has 2 unspecified atom stereocenters. The number of halogens is 1. The molecule has 0 saturated heterocycles. The Morgan fingerprint density at radius 1 is 0.958 bits per heavy atom. The first-order valence-corrected chi connectivity index (χ1v) is 8.45. The second-order valence-electron chi connectivity index (χ2n) is 6.92. The second-order valence-corrected chi connectivity index (χ2v) is 6.92. The summed E-state index contributed by atoms with van der Waals surface area (Å²) in [5.74, 6) is 0.105. The highest BCUT2D eigenvalue weighted by Crippen LogP contribution is 2.35. The molecule has 132 valence electrons. The lowest BCUT2D eigenvalue weighted by Gasteiger charge is -2.34. The van der Waals surface area contributed by atoms with E-state index in [1.165, 1.54) is 11.1 Å². The van der Waals surface area contributed by atoms with Crippen LogP contribution in [0.2, 0.25) is 0 Å². The summed E-state index contributed by atoms with van der Waals surface area (Å²) < 4.78 is 0. The lowest BCUT2D eigenvalue weighted by atomic mass is 9.77. The monoisotopic (exact) mass is 347 g/mol. The van der Waals surface area contributed by atoms with E-state index in [0.717, 1.165) is 25.8 Å². The summed E-state index contributed by atoms with van der Waals surface area (Å²) in [6, 6.07) is 20.9. The van der Waals surface area contributed by atoms with Gasteiger partial charge in [0.1, 0.15) is 0 Å². The Bertz CT molecular complexity index is 569. The molecule has 0 spiro atoms. The number of rotatable bonds is 8. The molecule has 2 atom stereocenters. The normalized spacial score (nSPS) is 14.7. The molecule has 2 nitrogen and oxygen atoms in total. The Morgan fingerprint density at radius 3 is 2.04 bits per heavy atom. The van der Waals surface area contributed by atoms with Crippen LogP contribution >= 0.6 is 12.4 Å². The second kappa shape index (κ2) is 9.83. The molecular weight excluding hydrogens is 318 g/mol. The van der Waals surface area contributed by atoms with E-state index in [9.17, 15) is 5.11 Å². The third-order valence-electron chi connectivity index (χ3n) is 4.52. The van der Waals surface area contributed by atoms with E-state index in [1.54, 1.807) is 0 Å². The molecular formula is C21H30ClNO. The van der Waals surface area contributed by atoms with E-state index >= 15 is 0 Å². The Balaban J connectivity index is 0.00000288. The molecule has 0 heterocycles. The van der Waals surface area contributed by atoms with Crippen LogP contribution in [-0.4, -0.2) is 36.2 Å². The SMILES string of the molecule is CN(C)CCCC(C)(O)C(Cc1ccccc1)c1ccccc1.Cl. The van der Waals surface area contributed by atoms with Gasteiger partial charge in [0.05, 0.1) is 5.60 Å². The predicted molar refractivity (Wildman–Crippen MR) is 105 cm³/mol. The fraction of sp³-hybridized carbons (Fsp3) is 0.429. The topological polar surface area (TPSA) is 23.5 Å². The smallest absolute Gasteiger partial charge is 0.0691 e. The maximum absolute atomic E-state index is 11.2. The summed E-state index contributed by atoms with van der Waals surface area (Å²) >= 11 is 0. The molecule has 0 aliphatic heterocycles. The number of nitrogens with zero attached hydrogens (tertiary/aromatic N) is 1. The summed E-state index contributed by atoms with van der Waals surface area (Å²) in [5.41, 5.74) is 1.77. The molecule has 2 aromatic carbocycles. The molecule has 0 aliphatic carbocycles. The van der Waals surface area contributed by atoms with Crippen LogP contribution < -0.4 is 0 Å². The number of benzene rings is 2. The van der Waals surface area contributed by atoms with Gasteiger partial charge in [-0.05, 0) is 58.0 Å². The Kier molecular flexibility index (Phi) is 8.47. The number of hydrogen-bond donors (Lipinski definition) is 1. The van der Waals surface area contributed by atoms with Crippen LogP contribution in [0.15, 0.2) is 60.7 Å². The third kappa shape index (κ3) is 6.27. The number of hydrogen-bond acceptors (Lipinski definition) is 2. The van der Waals surface area contributed by atoms with Gasteiger partial charge in [-0.15, -0.1) is 12.4 Å². The highest BCUT2D eigenvalue weighted by molar-refractivity contribution is 5.85. The average Bonchev–Trinajstić information content (AvgIpc) is 2.54. The van der Waals surface area contributed by atoms with Crippen LogP contribution in [-0.2, 0) is 6.42 Å². The molecule has 24 heavy (non-hydrogen) atoms. The average molecular weight is 348 g/mol. The van der Waals surface area contributed by atoms with Crippen LogP contribution in [0.3, 0.4) is 0 Å². The Hall–Kier alpha value is -1.35. The molecule has 2 aromatic rings. The Labute approximate surface area is 152 Å². The van der Waals surface area contributed by atoms with Gasteiger partial charge in [0.25, 0.3) is 0 Å². The van der Waals surface area contributed by atoms with Crippen molar-refractivity contribution in [3.63, 3.8) is 0 Å². The quantitative estimate of drug-likeness (QED) is 0.758. The summed E-state index contributed by atoms with van der Waals surface area (Å²) in [5, 5.41) is 11.2. The van der Waals surface area contributed by atoms with E-state index < -0.39 is 5.60 Å². The minimum atomic E-state index is -0.715. The summed E-state index contributed by atoms with van der Waals surface area (Å²) in [4.78, 5) is 2.17. The molecule has 0 saturated carbocycles. The van der Waals surface area contributed by atoms with E-state index in [2.05, 4.69) is 67.5 Å². The highest BCUT2D eigenvalue weighted by atomic mass is 35.5. The van der Waals surface area contributed by atoms with E-state index in [-0.39, 0.29) is 18.3 Å². The van der Waals surface area contributed by atoms with Crippen molar-refractivity contribution in [2.24, 2.45) is 0 Å². The molecule has 1 N–H and O–H groups in total. The zero-order chi connectivity index (χ0) is 16.7. The van der Waals surface area contributed by atoms with Gasteiger partial charge in [-0.25, -0.2) is 0 Å². The first kappa shape index (κ1) is 20.7. The van der Waals surface area contributed by atoms with Crippen LogP contribution in [0.5, 0.6) is 0 Å². The predicted octanol–water partition coefficient (Wildman–Crippen LogP) is 4.53. The third-order valence-corrected chi connectivity index (χ3v) is 4.52. The minimum absolute atomic E-state index is 0. The van der Waals surface area contributed by atoms with Crippen molar-refractivity contribution in [2.45, 2.75) is 37.7 Å². The van der Waals surface area contributed by atoms with Crippen molar-refractivity contribution in [1.82, 2.24) is 4.90 Å². The first-order chi connectivity index (χ1) is 11.0. The van der Waals surface area contributed by atoms with Crippen molar-refractivity contribution in [3.05, 3.63) is 71.8 Å². The van der Waals surface area contributed by atoms with E-state index in [0.29, 0.717) is 0 Å². The zero-order valence-corrected chi connectivity index (χ0v) is 15.8. The van der Waals surface area contributed by atoms with Gasteiger partial charge in [-0.1, -0.05) is 60.7 Å². The van der Waals surface area contributed by atoms with E-state index in [1.807, 2.05) is 19.1 Å². The van der Waals surface area contributed by atoms with Crippen LogP contribution in [0.4, 0.5) is 0 Å². The van der Waals surface area contributed by atoms with Crippen molar-refractivity contribution in [1.29, 1.82) is 0 Å². The first-order valence-electron chi connectivity index (χ1n) is 8.45. The maximum Gasteiger partial charge on any atom is 0.0691 e. The summed E-state index contributed by atoms with van der Waals surface area (Å²) in [6.07, 6.45) is 2.66. The minimum Gasteiger partial charge on any atom is -0.390 e. The molecule has 0 amide bonds. The molecule has 2 rings (SSSR count). The summed E-state index contributed by atoms with van der Waals surface area (Å²) in [6.45, 7) is 2.99. The Morgan fingerprint density at radius 2 is 1.50 bits per heavy atom. The van der Waals surface area contributed by atoms with Gasteiger partial charge in [0.2, 0.25) is 0 Å². The van der Waals surface area contributed by atoms with Gasteiger partial charge in [0.15, 0.2) is 0 Å². The molecule has 0 radical (unpaired) electrons. The van der Waals surface area contributed by atoms with Gasteiger partial charge in [-0.2, -0.15) is 0 Å². The molecule has 0 bridgehead atoms. The van der Waals surface area contributed by atoms with Crippen LogP contribution in [0, 0.1) is 0 Å². The highest BCUT2D eigenvalue weighted by Gasteiger charge is 2.32. The number of aliphatic hydroxyl groups is 1. The summed E-state index contributed by atoms with van der Waals surface area (Å²) in [7, 11) is 4.15. The lowest BCUT2D eigenvalue weighted by molar-refractivity contribution is 0.0184. The van der Waals surface area contributed by atoms with Crippen molar-refractivity contribution in [2.75, 3.05) is 20.6 Å². The largest absolute Gasteiger partial charge is 0.390 e. The standard InChI is InChI=1S/C21H29NO.ClH/c1-21(23,15-10-16-22(2)3)20(19-13-8-5-9-14-19)17-18-11-6-4-7-12-18;/h4-9,11-14,20,23H,10,15-17H2,1-3H3;1H. The molecule has 0 aromatic heterocycles.